The number of rotatable bonds is 7. The van der Waals surface area contributed by atoms with Gasteiger partial charge in [-0.05, 0) is 36.3 Å². The van der Waals surface area contributed by atoms with Crippen LogP contribution in [-0.2, 0) is 4.79 Å². The van der Waals surface area contributed by atoms with E-state index in [2.05, 4.69) is 11.9 Å². The first-order valence-corrected chi connectivity index (χ1v) is 9.62. The Bertz CT molecular complexity index is 857. The number of amides is 1. The van der Waals surface area contributed by atoms with Gasteiger partial charge in [0.05, 0.1) is 11.5 Å². The molecule has 0 aliphatic carbocycles. The van der Waals surface area contributed by atoms with Crippen LogP contribution < -0.4 is 9.64 Å². The van der Waals surface area contributed by atoms with Crippen LogP contribution in [0.1, 0.15) is 18.9 Å². The summed E-state index contributed by atoms with van der Waals surface area (Å²) in [5.41, 5.74) is 0.911. The van der Waals surface area contributed by atoms with Crippen LogP contribution in [0.4, 0.5) is 11.5 Å². The molecule has 0 spiro atoms. The van der Waals surface area contributed by atoms with Gasteiger partial charge in [0.15, 0.2) is 0 Å². The second-order valence-electron chi connectivity index (χ2n) is 6.69. The molecule has 0 bridgehead atoms. The highest BCUT2D eigenvalue weighted by molar-refractivity contribution is 5.92. The van der Waals surface area contributed by atoms with E-state index in [0.717, 1.165) is 17.7 Å². The molecule has 1 amide bonds. The first-order chi connectivity index (χ1) is 14.1. The van der Waals surface area contributed by atoms with E-state index in [0.29, 0.717) is 38.6 Å². The Labute approximate surface area is 169 Å². The van der Waals surface area contributed by atoms with E-state index in [-0.39, 0.29) is 11.6 Å². The largest absolute Gasteiger partial charge is 0.494 e. The normalized spacial score (nSPS) is 14.2. The average Bonchev–Trinajstić information content (AvgIpc) is 2.77. The van der Waals surface area contributed by atoms with Gasteiger partial charge in [0, 0.05) is 38.3 Å². The van der Waals surface area contributed by atoms with Crippen molar-refractivity contribution in [2.45, 2.75) is 13.3 Å². The quantitative estimate of drug-likeness (QED) is 0.406. The van der Waals surface area contributed by atoms with Gasteiger partial charge >= 0.3 is 0 Å². The third-order valence-corrected chi connectivity index (χ3v) is 4.63. The van der Waals surface area contributed by atoms with E-state index in [9.17, 15) is 14.9 Å². The minimum absolute atomic E-state index is 0.0299. The van der Waals surface area contributed by atoms with E-state index >= 15 is 0 Å². The van der Waals surface area contributed by atoms with Crippen molar-refractivity contribution in [2.75, 3.05) is 37.7 Å². The molecular weight excluding hydrogens is 372 g/mol. The Balaban J connectivity index is 1.50. The number of carbonyl (C=O) groups excluding carboxylic acids is 1. The maximum Gasteiger partial charge on any atom is 0.287 e. The zero-order chi connectivity index (χ0) is 20.6. The molecule has 152 valence electrons. The molecule has 8 nitrogen and oxygen atoms in total. The van der Waals surface area contributed by atoms with Crippen LogP contribution in [0.5, 0.6) is 5.75 Å². The number of nitrogens with zero attached hydrogens (tertiary/aromatic N) is 4. The molecule has 0 radical (unpaired) electrons. The number of nitro groups is 1. The Kier molecular flexibility index (Phi) is 6.78. The Morgan fingerprint density at radius 3 is 2.48 bits per heavy atom. The van der Waals surface area contributed by atoms with Crippen LogP contribution >= 0.6 is 0 Å². The van der Waals surface area contributed by atoms with Crippen molar-refractivity contribution >= 4 is 23.5 Å². The fourth-order valence-corrected chi connectivity index (χ4v) is 3.00. The number of anilines is 1. The summed E-state index contributed by atoms with van der Waals surface area (Å²) in [6.07, 6.45) is 5.61. The van der Waals surface area contributed by atoms with Crippen LogP contribution in [0, 0.1) is 10.1 Å². The van der Waals surface area contributed by atoms with Gasteiger partial charge in [0.2, 0.25) is 5.91 Å². The molecule has 0 N–H and O–H groups in total. The molecular formula is C21H24N4O4. The number of carbonyl (C=O) groups is 1. The molecule has 0 atom stereocenters. The number of pyridine rings is 1. The molecule has 1 fully saturated rings. The SMILES string of the molecule is CCCOc1ccc(/C=C/C(=O)N2CCN(c3ccc([N+](=O)[O-])cn3)CC2)cc1. The molecule has 1 aromatic heterocycles. The maximum absolute atomic E-state index is 12.4. The summed E-state index contributed by atoms with van der Waals surface area (Å²) in [5.74, 6) is 1.47. The third-order valence-electron chi connectivity index (χ3n) is 4.63. The zero-order valence-corrected chi connectivity index (χ0v) is 16.4. The zero-order valence-electron chi connectivity index (χ0n) is 16.4. The molecule has 29 heavy (non-hydrogen) atoms. The van der Waals surface area contributed by atoms with Crippen molar-refractivity contribution in [1.82, 2.24) is 9.88 Å². The molecule has 1 saturated heterocycles. The highest BCUT2D eigenvalue weighted by atomic mass is 16.6. The summed E-state index contributed by atoms with van der Waals surface area (Å²) in [7, 11) is 0. The van der Waals surface area contributed by atoms with Crippen LogP contribution in [0.2, 0.25) is 0 Å². The number of piperazine rings is 1. The minimum atomic E-state index is -0.467. The standard InChI is InChI=1S/C21H24N4O4/c1-2-15-29-19-7-3-17(4-8-19)5-10-21(26)24-13-11-23(12-14-24)20-9-6-18(16-22-20)25(27)28/h3-10,16H,2,11-15H2,1H3/b10-5+. The monoisotopic (exact) mass is 396 g/mol. The summed E-state index contributed by atoms with van der Waals surface area (Å²) < 4.78 is 5.55. The number of aromatic nitrogens is 1. The number of hydrogen-bond donors (Lipinski definition) is 0. The van der Waals surface area contributed by atoms with Gasteiger partial charge in [0.1, 0.15) is 17.8 Å². The second kappa shape index (κ2) is 9.68. The molecule has 1 aliphatic heterocycles. The van der Waals surface area contributed by atoms with Crippen LogP contribution in [0.15, 0.2) is 48.7 Å². The van der Waals surface area contributed by atoms with Gasteiger partial charge in [-0.2, -0.15) is 0 Å². The smallest absolute Gasteiger partial charge is 0.287 e. The highest BCUT2D eigenvalue weighted by Crippen LogP contribution is 2.18. The van der Waals surface area contributed by atoms with Crippen LogP contribution in [0.3, 0.4) is 0 Å². The summed E-state index contributed by atoms with van der Waals surface area (Å²) >= 11 is 0. The predicted octanol–water partition coefficient (Wildman–Crippen LogP) is 3.14. The summed E-state index contributed by atoms with van der Waals surface area (Å²) in [4.78, 5) is 30.7. The van der Waals surface area contributed by atoms with Crippen molar-refractivity contribution in [3.63, 3.8) is 0 Å². The second-order valence-corrected chi connectivity index (χ2v) is 6.69. The van der Waals surface area contributed by atoms with Crippen molar-refractivity contribution in [2.24, 2.45) is 0 Å². The lowest BCUT2D eigenvalue weighted by Gasteiger charge is -2.34. The molecule has 2 heterocycles. The maximum atomic E-state index is 12.4. The average molecular weight is 396 g/mol. The van der Waals surface area contributed by atoms with E-state index in [1.807, 2.05) is 29.2 Å². The molecule has 8 heteroatoms. The molecule has 0 saturated carbocycles. The fraction of sp³-hybridized carbons (Fsp3) is 0.333. The Morgan fingerprint density at radius 1 is 1.17 bits per heavy atom. The number of ether oxygens (including phenoxy) is 1. The lowest BCUT2D eigenvalue weighted by molar-refractivity contribution is -0.385. The molecule has 3 rings (SSSR count). The van der Waals surface area contributed by atoms with Crippen LogP contribution in [0.25, 0.3) is 6.08 Å². The Hall–Kier alpha value is -3.42. The molecule has 1 aliphatic rings. The topological polar surface area (TPSA) is 88.8 Å². The molecule has 1 aromatic carbocycles. The summed E-state index contributed by atoms with van der Waals surface area (Å²) in [6, 6.07) is 10.7. The van der Waals surface area contributed by atoms with Gasteiger partial charge in [-0.25, -0.2) is 4.98 Å². The summed E-state index contributed by atoms with van der Waals surface area (Å²) in [5, 5.41) is 10.7. The van der Waals surface area contributed by atoms with Gasteiger partial charge < -0.3 is 14.5 Å². The van der Waals surface area contributed by atoms with E-state index < -0.39 is 4.92 Å². The Morgan fingerprint density at radius 2 is 1.90 bits per heavy atom. The lowest BCUT2D eigenvalue weighted by Crippen LogP contribution is -2.48. The van der Waals surface area contributed by atoms with Gasteiger partial charge in [-0.15, -0.1) is 0 Å². The number of hydrogen-bond acceptors (Lipinski definition) is 6. The van der Waals surface area contributed by atoms with Gasteiger partial charge in [0.25, 0.3) is 5.69 Å². The fourth-order valence-electron chi connectivity index (χ4n) is 3.00. The molecule has 2 aromatic rings. The van der Waals surface area contributed by atoms with Crippen molar-refractivity contribution < 1.29 is 14.5 Å². The van der Waals surface area contributed by atoms with Crippen molar-refractivity contribution in [1.29, 1.82) is 0 Å². The number of benzene rings is 1. The van der Waals surface area contributed by atoms with Crippen molar-refractivity contribution in [3.05, 3.63) is 64.3 Å². The van der Waals surface area contributed by atoms with E-state index in [1.54, 1.807) is 23.1 Å². The first kappa shape index (κ1) is 20.3. The highest BCUT2D eigenvalue weighted by Gasteiger charge is 2.21. The first-order valence-electron chi connectivity index (χ1n) is 9.62. The summed E-state index contributed by atoms with van der Waals surface area (Å²) in [6.45, 7) is 5.17. The van der Waals surface area contributed by atoms with E-state index in [4.69, 9.17) is 4.74 Å². The van der Waals surface area contributed by atoms with Crippen LogP contribution in [-0.4, -0.2) is 53.5 Å². The van der Waals surface area contributed by atoms with Gasteiger partial charge in [-0.3, -0.25) is 14.9 Å². The predicted molar refractivity (Wildman–Crippen MR) is 111 cm³/mol. The van der Waals surface area contributed by atoms with E-state index in [1.165, 1.54) is 12.3 Å². The third kappa shape index (κ3) is 5.54. The van der Waals surface area contributed by atoms with Gasteiger partial charge in [-0.1, -0.05) is 19.1 Å². The minimum Gasteiger partial charge on any atom is -0.494 e. The molecule has 0 unspecified atom stereocenters. The lowest BCUT2D eigenvalue weighted by atomic mass is 10.2. The van der Waals surface area contributed by atoms with Crippen molar-refractivity contribution in [3.8, 4) is 5.75 Å².